The van der Waals surface area contributed by atoms with Gasteiger partial charge >= 0.3 is 0 Å². The summed E-state index contributed by atoms with van der Waals surface area (Å²) < 4.78 is 27.7. The molecule has 144 valence electrons. The van der Waals surface area contributed by atoms with Gasteiger partial charge < -0.3 is 10.2 Å². The van der Waals surface area contributed by atoms with Crippen LogP contribution in [0.25, 0.3) is 0 Å². The summed E-state index contributed by atoms with van der Waals surface area (Å²) in [5.74, 6) is -1.66. The molecule has 3 aromatic rings. The van der Waals surface area contributed by atoms with Gasteiger partial charge in [-0.25, -0.2) is 18.7 Å². The fourth-order valence-electron chi connectivity index (χ4n) is 2.70. The van der Waals surface area contributed by atoms with Crippen LogP contribution in [0, 0.1) is 11.6 Å². The molecule has 0 saturated carbocycles. The number of carbonyl (C=O) groups excluding carboxylic acids is 1. The van der Waals surface area contributed by atoms with Crippen LogP contribution in [0.5, 0.6) is 0 Å². The number of anilines is 2. The molecule has 2 aromatic carbocycles. The molecule has 0 spiro atoms. The molecule has 0 fully saturated rings. The third kappa shape index (κ3) is 4.49. The zero-order valence-electron chi connectivity index (χ0n) is 15.6. The second kappa shape index (κ2) is 8.56. The molecule has 0 atom stereocenters. The number of nitrogens with one attached hydrogen (secondary N) is 1. The second-order valence-corrected chi connectivity index (χ2v) is 6.52. The van der Waals surface area contributed by atoms with Gasteiger partial charge in [-0.15, -0.1) is 0 Å². The van der Waals surface area contributed by atoms with Crippen molar-refractivity contribution in [2.75, 3.05) is 5.32 Å². The minimum Gasteiger partial charge on any atom is -0.335 e. The lowest BCUT2D eigenvalue weighted by atomic mass is 10.1. The summed E-state index contributed by atoms with van der Waals surface area (Å²) in [4.78, 5) is 22.7. The van der Waals surface area contributed by atoms with Crippen molar-refractivity contribution < 1.29 is 13.6 Å². The summed E-state index contributed by atoms with van der Waals surface area (Å²) in [5, 5.41) is 2.58. The van der Waals surface area contributed by atoms with E-state index in [4.69, 9.17) is 0 Å². The minimum atomic E-state index is -0.751. The van der Waals surface area contributed by atoms with Gasteiger partial charge in [0.2, 0.25) is 0 Å². The first-order valence-electron chi connectivity index (χ1n) is 8.83. The Kier molecular flexibility index (Phi) is 5.93. The topological polar surface area (TPSA) is 58.1 Å². The summed E-state index contributed by atoms with van der Waals surface area (Å²) in [5.41, 5.74) is 0.800. The molecule has 1 amide bonds. The number of hydrogen-bond acceptors (Lipinski definition) is 4. The number of amides is 1. The molecular formula is C21H20F2N4O. The van der Waals surface area contributed by atoms with E-state index >= 15 is 0 Å². The third-order valence-electron chi connectivity index (χ3n) is 4.18. The van der Waals surface area contributed by atoms with Gasteiger partial charge in [0.05, 0.1) is 0 Å². The van der Waals surface area contributed by atoms with Crippen LogP contribution in [0.3, 0.4) is 0 Å². The molecule has 1 aromatic heterocycles. The van der Waals surface area contributed by atoms with Crippen molar-refractivity contribution in [2.45, 2.75) is 26.4 Å². The summed E-state index contributed by atoms with van der Waals surface area (Å²) in [6.45, 7) is 4.25. The first kappa shape index (κ1) is 19.4. The lowest BCUT2D eigenvalue weighted by Gasteiger charge is -2.26. The molecule has 3 rings (SSSR count). The van der Waals surface area contributed by atoms with Crippen molar-refractivity contribution in [3.05, 3.63) is 83.8 Å². The molecule has 1 heterocycles. The van der Waals surface area contributed by atoms with E-state index in [1.54, 1.807) is 4.90 Å². The summed E-state index contributed by atoms with van der Waals surface area (Å²) in [6, 6.07) is 14.5. The maximum Gasteiger partial charge on any atom is 0.273 e. The molecule has 7 heteroatoms. The van der Waals surface area contributed by atoms with E-state index in [9.17, 15) is 13.6 Å². The van der Waals surface area contributed by atoms with Crippen LogP contribution in [0.2, 0.25) is 0 Å². The highest BCUT2D eigenvalue weighted by Gasteiger charge is 2.21. The zero-order chi connectivity index (χ0) is 20.1. The maximum absolute atomic E-state index is 13.9. The number of aromatic nitrogens is 2. The van der Waals surface area contributed by atoms with Gasteiger partial charge in [-0.1, -0.05) is 36.4 Å². The standard InChI is InChI=1S/C21H20F2N4O/c1-14(2)27(12-15-7-4-3-5-8-15)21(28)18-11-19(25-13-24-18)26-20-16(22)9-6-10-17(20)23/h3-11,13-14H,12H2,1-2H3,(H,24,25,26). The summed E-state index contributed by atoms with van der Waals surface area (Å²) in [7, 11) is 0. The van der Waals surface area contributed by atoms with Gasteiger partial charge in [0.1, 0.15) is 35.2 Å². The molecule has 0 bridgehead atoms. The predicted octanol–water partition coefficient (Wildman–Crippen LogP) is 4.55. The van der Waals surface area contributed by atoms with E-state index in [-0.39, 0.29) is 29.1 Å². The number of benzene rings is 2. The first-order chi connectivity index (χ1) is 13.5. The number of nitrogens with zero attached hydrogens (tertiary/aromatic N) is 3. The highest BCUT2D eigenvalue weighted by atomic mass is 19.1. The molecule has 5 nitrogen and oxygen atoms in total. The normalized spacial score (nSPS) is 10.8. The van der Waals surface area contributed by atoms with Gasteiger partial charge in [-0.05, 0) is 31.5 Å². The van der Waals surface area contributed by atoms with E-state index in [1.165, 1.54) is 18.5 Å². The van der Waals surface area contributed by atoms with Gasteiger partial charge in [0.25, 0.3) is 5.91 Å². The number of carbonyl (C=O) groups is 1. The van der Waals surface area contributed by atoms with Crippen LogP contribution >= 0.6 is 0 Å². The molecular weight excluding hydrogens is 362 g/mol. The average Bonchev–Trinajstić information content (AvgIpc) is 2.69. The van der Waals surface area contributed by atoms with Gasteiger partial charge in [0.15, 0.2) is 0 Å². The molecule has 0 radical (unpaired) electrons. The Morgan fingerprint density at radius 1 is 1.04 bits per heavy atom. The highest BCUT2D eigenvalue weighted by molar-refractivity contribution is 5.93. The van der Waals surface area contributed by atoms with Gasteiger partial charge in [-0.2, -0.15) is 0 Å². The van der Waals surface area contributed by atoms with Crippen molar-refractivity contribution >= 4 is 17.4 Å². The molecule has 0 aliphatic rings. The van der Waals surface area contributed by atoms with E-state index in [0.717, 1.165) is 17.7 Å². The third-order valence-corrected chi connectivity index (χ3v) is 4.18. The molecule has 0 saturated heterocycles. The molecule has 0 aliphatic carbocycles. The lowest BCUT2D eigenvalue weighted by Crippen LogP contribution is -2.36. The highest BCUT2D eigenvalue weighted by Crippen LogP contribution is 2.22. The Hall–Kier alpha value is -3.35. The van der Waals surface area contributed by atoms with E-state index in [1.807, 2.05) is 44.2 Å². The van der Waals surface area contributed by atoms with Crippen molar-refractivity contribution in [3.8, 4) is 0 Å². The zero-order valence-corrected chi connectivity index (χ0v) is 15.6. The number of para-hydroxylation sites is 1. The van der Waals surface area contributed by atoms with Crippen LogP contribution in [-0.2, 0) is 6.54 Å². The predicted molar refractivity (Wildman–Crippen MR) is 103 cm³/mol. The molecule has 1 N–H and O–H groups in total. The quantitative estimate of drug-likeness (QED) is 0.680. The fourth-order valence-corrected chi connectivity index (χ4v) is 2.70. The first-order valence-corrected chi connectivity index (χ1v) is 8.83. The lowest BCUT2D eigenvalue weighted by molar-refractivity contribution is 0.0684. The monoisotopic (exact) mass is 382 g/mol. The SMILES string of the molecule is CC(C)N(Cc1ccccc1)C(=O)c1cc(Nc2c(F)cccc2F)ncn1. The Balaban J connectivity index is 1.84. The second-order valence-electron chi connectivity index (χ2n) is 6.52. The van der Waals surface area contributed by atoms with Crippen molar-refractivity contribution in [1.82, 2.24) is 14.9 Å². The van der Waals surface area contributed by atoms with Gasteiger partial charge in [0, 0.05) is 18.7 Å². The Morgan fingerprint density at radius 3 is 2.36 bits per heavy atom. The largest absolute Gasteiger partial charge is 0.335 e. The smallest absolute Gasteiger partial charge is 0.273 e. The number of halogens is 2. The van der Waals surface area contributed by atoms with Crippen LogP contribution in [0.15, 0.2) is 60.9 Å². The average molecular weight is 382 g/mol. The Morgan fingerprint density at radius 2 is 1.71 bits per heavy atom. The van der Waals surface area contributed by atoms with Crippen LogP contribution in [-0.4, -0.2) is 26.8 Å². The number of rotatable bonds is 6. The Labute approximate surface area is 162 Å². The van der Waals surface area contributed by atoms with Crippen LogP contribution in [0.1, 0.15) is 29.9 Å². The Bertz CT molecular complexity index is 943. The molecule has 0 unspecified atom stereocenters. The molecule has 28 heavy (non-hydrogen) atoms. The maximum atomic E-state index is 13.9. The minimum absolute atomic E-state index is 0.0666. The van der Waals surface area contributed by atoms with Crippen LogP contribution < -0.4 is 5.32 Å². The summed E-state index contributed by atoms with van der Waals surface area (Å²) >= 11 is 0. The van der Waals surface area contributed by atoms with Crippen molar-refractivity contribution in [2.24, 2.45) is 0 Å². The molecule has 0 aliphatic heterocycles. The van der Waals surface area contributed by atoms with Crippen molar-refractivity contribution in [1.29, 1.82) is 0 Å². The van der Waals surface area contributed by atoms with Crippen molar-refractivity contribution in [3.63, 3.8) is 0 Å². The van der Waals surface area contributed by atoms with E-state index < -0.39 is 11.6 Å². The summed E-state index contributed by atoms with van der Waals surface area (Å²) in [6.07, 6.45) is 1.19. The fraction of sp³-hybridized carbons (Fsp3) is 0.190. The van der Waals surface area contributed by atoms with Crippen LogP contribution in [0.4, 0.5) is 20.3 Å². The van der Waals surface area contributed by atoms with Gasteiger partial charge in [-0.3, -0.25) is 4.79 Å². The van der Waals surface area contributed by atoms with E-state index in [2.05, 4.69) is 15.3 Å². The number of hydrogen-bond donors (Lipinski definition) is 1. The van der Waals surface area contributed by atoms with E-state index in [0.29, 0.717) is 6.54 Å².